The Hall–Kier alpha value is -3.78. The van der Waals surface area contributed by atoms with E-state index < -0.39 is 0 Å². The summed E-state index contributed by atoms with van der Waals surface area (Å²) in [6.45, 7) is -0.182. The average molecular weight is 372 g/mol. The van der Waals surface area contributed by atoms with Crippen molar-refractivity contribution in [3.05, 3.63) is 95.6 Å². The maximum Gasteiger partial charge on any atom is 0.258 e. The largest absolute Gasteiger partial charge is 0.497 e. The number of carbonyl (C=O) groups is 1. The summed E-state index contributed by atoms with van der Waals surface area (Å²) in [5.41, 5.74) is 2.28. The number of amides is 1. The van der Waals surface area contributed by atoms with Gasteiger partial charge in [0.1, 0.15) is 17.6 Å². The molecular weight excluding hydrogens is 352 g/mol. The molecule has 0 bridgehead atoms. The topological polar surface area (TPSA) is 71.3 Å². The Morgan fingerprint density at radius 2 is 1.61 bits per heavy atom. The van der Waals surface area contributed by atoms with Crippen molar-refractivity contribution >= 4 is 5.91 Å². The SMILES string of the molecule is COc1ccc(C(NC(=O)COc2ccccc2C#N)c2ccccc2)cc1. The molecule has 0 aliphatic carbocycles. The lowest BCUT2D eigenvalue weighted by Crippen LogP contribution is -2.33. The van der Waals surface area contributed by atoms with E-state index in [9.17, 15) is 4.79 Å². The summed E-state index contributed by atoms with van der Waals surface area (Å²) in [5.74, 6) is 0.858. The molecule has 3 aromatic rings. The number of hydrogen-bond acceptors (Lipinski definition) is 4. The van der Waals surface area contributed by atoms with Crippen molar-refractivity contribution in [2.45, 2.75) is 6.04 Å². The fourth-order valence-corrected chi connectivity index (χ4v) is 2.83. The van der Waals surface area contributed by atoms with Crippen molar-refractivity contribution in [3.8, 4) is 17.6 Å². The lowest BCUT2D eigenvalue weighted by atomic mass is 9.98. The molecule has 1 atom stereocenters. The number of nitrogens with one attached hydrogen (secondary N) is 1. The Balaban J connectivity index is 1.75. The summed E-state index contributed by atoms with van der Waals surface area (Å²) in [7, 11) is 1.61. The second kappa shape index (κ2) is 9.24. The molecule has 5 heteroatoms. The summed E-state index contributed by atoms with van der Waals surface area (Å²) in [4.78, 5) is 12.6. The van der Waals surface area contributed by atoms with Gasteiger partial charge >= 0.3 is 0 Å². The molecule has 140 valence electrons. The number of benzene rings is 3. The van der Waals surface area contributed by atoms with Crippen LogP contribution in [0.2, 0.25) is 0 Å². The third kappa shape index (κ3) is 4.68. The van der Waals surface area contributed by atoms with E-state index in [1.165, 1.54) is 0 Å². The van der Waals surface area contributed by atoms with E-state index in [0.29, 0.717) is 11.3 Å². The maximum absolute atomic E-state index is 12.6. The van der Waals surface area contributed by atoms with Crippen LogP contribution in [0.25, 0.3) is 0 Å². The van der Waals surface area contributed by atoms with Gasteiger partial charge in [0, 0.05) is 0 Å². The first kappa shape index (κ1) is 19.0. The Morgan fingerprint density at radius 1 is 0.964 bits per heavy atom. The van der Waals surface area contributed by atoms with E-state index in [-0.39, 0.29) is 18.6 Å². The zero-order chi connectivity index (χ0) is 19.8. The minimum Gasteiger partial charge on any atom is -0.497 e. The molecule has 0 aromatic heterocycles. The molecule has 0 saturated heterocycles. The minimum absolute atomic E-state index is 0.182. The van der Waals surface area contributed by atoms with Gasteiger partial charge in [-0.1, -0.05) is 54.6 Å². The van der Waals surface area contributed by atoms with Crippen molar-refractivity contribution in [1.29, 1.82) is 5.26 Å². The molecule has 1 unspecified atom stereocenters. The number of hydrogen-bond donors (Lipinski definition) is 1. The number of rotatable bonds is 7. The zero-order valence-corrected chi connectivity index (χ0v) is 15.5. The Kier molecular flexibility index (Phi) is 6.27. The van der Waals surface area contributed by atoms with Crippen molar-refractivity contribution in [3.63, 3.8) is 0 Å². The minimum atomic E-state index is -0.325. The summed E-state index contributed by atoms with van der Waals surface area (Å²) in [6.07, 6.45) is 0. The molecule has 28 heavy (non-hydrogen) atoms. The second-order valence-electron chi connectivity index (χ2n) is 6.08. The highest BCUT2D eigenvalue weighted by Gasteiger charge is 2.17. The maximum atomic E-state index is 12.6. The van der Waals surface area contributed by atoms with Crippen LogP contribution in [-0.2, 0) is 4.79 Å². The van der Waals surface area contributed by atoms with Crippen LogP contribution >= 0.6 is 0 Å². The number of ether oxygens (including phenoxy) is 2. The average Bonchev–Trinajstić information content (AvgIpc) is 2.77. The number of carbonyl (C=O) groups excluding carboxylic acids is 1. The van der Waals surface area contributed by atoms with Crippen LogP contribution < -0.4 is 14.8 Å². The molecule has 3 rings (SSSR count). The second-order valence-corrected chi connectivity index (χ2v) is 6.08. The van der Waals surface area contributed by atoms with Crippen LogP contribution in [-0.4, -0.2) is 19.6 Å². The van der Waals surface area contributed by atoms with Crippen LogP contribution in [0.5, 0.6) is 11.5 Å². The van der Waals surface area contributed by atoms with E-state index in [2.05, 4.69) is 11.4 Å². The molecule has 3 aromatic carbocycles. The molecule has 0 spiro atoms. The first-order valence-electron chi connectivity index (χ1n) is 8.81. The third-order valence-electron chi connectivity index (χ3n) is 4.25. The molecule has 0 aliphatic heterocycles. The fraction of sp³-hybridized carbons (Fsp3) is 0.130. The van der Waals surface area contributed by atoms with Crippen molar-refractivity contribution < 1.29 is 14.3 Å². The summed E-state index contributed by atoms with van der Waals surface area (Å²) in [5, 5.41) is 12.1. The standard InChI is InChI=1S/C23H20N2O3/c1-27-20-13-11-18(12-14-20)23(17-7-3-2-4-8-17)25-22(26)16-28-21-10-6-5-9-19(21)15-24/h2-14,23H,16H2,1H3,(H,25,26). The molecule has 0 aliphatic rings. The van der Waals surface area contributed by atoms with Gasteiger partial charge in [-0.05, 0) is 35.4 Å². The van der Waals surface area contributed by atoms with Gasteiger partial charge in [-0.25, -0.2) is 0 Å². The van der Waals surface area contributed by atoms with E-state index >= 15 is 0 Å². The number of nitriles is 1. The van der Waals surface area contributed by atoms with E-state index in [1.54, 1.807) is 31.4 Å². The van der Waals surface area contributed by atoms with Crippen LogP contribution in [0.1, 0.15) is 22.7 Å². The number of para-hydroxylation sites is 1. The fourth-order valence-electron chi connectivity index (χ4n) is 2.83. The van der Waals surface area contributed by atoms with E-state index in [0.717, 1.165) is 16.9 Å². The first-order chi connectivity index (χ1) is 13.7. The third-order valence-corrected chi connectivity index (χ3v) is 4.25. The van der Waals surface area contributed by atoms with Gasteiger partial charge in [0.2, 0.25) is 0 Å². The monoisotopic (exact) mass is 372 g/mol. The van der Waals surface area contributed by atoms with Crippen LogP contribution in [0.3, 0.4) is 0 Å². The normalized spacial score (nSPS) is 11.1. The molecule has 1 amide bonds. The number of methoxy groups -OCH3 is 1. The summed E-state index contributed by atoms with van der Waals surface area (Å²) in [6, 6.07) is 25.8. The highest BCUT2D eigenvalue weighted by molar-refractivity contribution is 5.78. The first-order valence-corrected chi connectivity index (χ1v) is 8.81. The van der Waals surface area contributed by atoms with Gasteiger partial charge in [-0.3, -0.25) is 4.79 Å². The molecular formula is C23H20N2O3. The summed E-state index contributed by atoms with van der Waals surface area (Å²) >= 11 is 0. The van der Waals surface area contributed by atoms with Gasteiger partial charge < -0.3 is 14.8 Å². The van der Waals surface area contributed by atoms with Gasteiger partial charge in [0.05, 0.1) is 18.7 Å². The Labute approximate surface area is 164 Å². The van der Waals surface area contributed by atoms with Crippen molar-refractivity contribution in [1.82, 2.24) is 5.32 Å². The molecule has 0 radical (unpaired) electrons. The van der Waals surface area contributed by atoms with Crippen molar-refractivity contribution in [2.24, 2.45) is 0 Å². The highest BCUT2D eigenvalue weighted by Crippen LogP contribution is 2.24. The molecule has 1 N–H and O–H groups in total. The predicted molar refractivity (Wildman–Crippen MR) is 106 cm³/mol. The molecule has 0 heterocycles. The van der Waals surface area contributed by atoms with Gasteiger partial charge in [0.25, 0.3) is 5.91 Å². The Bertz CT molecular complexity index is 963. The molecule has 5 nitrogen and oxygen atoms in total. The quantitative estimate of drug-likeness (QED) is 0.684. The lowest BCUT2D eigenvalue weighted by Gasteiger charge is -2.20. The predicted octanol–water partition coefficient (Wildman–Crippen LogP) is 3.85. The van der Waals surface area contributed by atoms with E-state index in [4.69, 9.17) is 14.7 Å². The molecule has 0 saturated carbocycles. The lowest BCUT2D eigenvalue weighted by molar-refractivity contribution is -0.123. The highest BCUT2D eigenvalue weighted by atomic mass is 16.5. The van der Waals surface area contributed by atoms with Crippen LogP contribution in [0.4, 0.5) is 0 Å². The van der Waals surface area contributed by atoms with Crippen LogP contribution in [0.15, 0.2) is 78.9 Å². The van der Waals surface area contributed by atoms with Crippen LogP contribution in [0, 0.1) is 11.3 Å². The van der Waals surface area contributed by atoms with Gasteiger partial charge in [-0.2, -0.15) is 5.26 Å². The smallest absolute Gasteiger partial charge is 0.258 e. The Morgan fingerprint density at radius 3 is 2.29 bits per heavy atom. The number of nitrogens with zero attached hydrogens (tertiary/aromatic N) is 1. The molecule has 0 fully saturated rings. The zero-order valence-electron chi connectivity index (χ0n) is 15.5. The van der Waals surface area contributed by atoms with Gasteiger partial charge in [-0.15, -0.1) is 0 Å². The van der Waals surface area contributed by atoms with Crippen molar-refractivity contribution in [2.75, 3.05) is 13.7 Å². The van der Waals surface area contributed by atoms with Gasteiger partial charge in [0.15, 0.2) is 6.61 Å². The summed E-state index contributed by atoms with van der Waals surface area (Å²) < 4.78 is 10.8. The van der Waals surface area contributed by atoms with E-state index in [1.807, 2.05) is 54.6 Å².